The molecule has 1 amide bonds. The van der Waals surface area contributed by atoms with Crippen LogP contribution in [0.3, 0.4) is 0 Å². The van der Waals surface area contributed by atoms with E-state index >= 15 is 0 Å². The summed E-state index contributed by atoms with van der Waals surface area (Å²) >= 11 is 2.99. The molecule has 2 aromatic rings. The molecule has 0 bridgehead atoms. The van der Waals surface area contributed by atoms with Gasteiger partial charge in [-0.05, 0) is 49.7 Å². The molecule has 2 aromatic heterocycles. The van der Waals surface area contributed by atoms with Crippen LogP contribution >= 0.6 is 23.1 Å². The average Bonchev–Trinajstić information content (AvgIpc) is 3.31. The summed E-state index contributed by atoms with van der Waals surface area (Å²) in [5.74, 6) is 0.0788. The number of amidine groups is 1. The van der Waals surface area contributed by atoms with Crippen LogP contribution in [-0.2, 0) is 11.8 Å². The van der Waals surface area contributed by atoms with Gasteiger partial charge in [-0.3, -0.25) is 9.69 Å². The maximum atomic E-state index is 13.2. The van der Waals surface area contributed by atoms with E-state index in [1.807, 2.05) is 53.2 Å². The smallest absolute Gasteiger partial charge is 0.267 e. The van der Waals surface area contributed by atoms with Gasteiger partial charge in [0, 0.05) is 30.4 Å². The van der Waals surface area contributed by atoms with Gasteiger partial charge in [-0.15, -0.1) is 11.3 Å². The molecule has 5 nitrogen and oxygen atoms in total. The number of thioether (sulfide) groups is 1. The van der Waals surface area contributed by atoms with Crippen molar-refractivity contribution in [2.45, 2.75) is 45.1 Å². The van der Waals surface area contributed by atoms with Gasteiger partial charge in [0.1, 0.15) is 0 Å². The average molecular weight is 387 g/mol. The Bertz CT molecular complexity index is 874. The van der Waals surface area contributed by atoms with Crippen LogP contribution in [0.5, 0.6) is 0 Å². The molecule has 0 atom stereocenters. The number of hydrogen-bond acceptors (Lipinski definition) is 5. The molecule has 1 aliphatic carbocycles. The molecule has 7 heteroatoms. The van der Waals surface area contributed by atoms with E-state index in [1.54, 1.807) is 0 Å². The molecule has 0 aromatic carbocycles. The minimum atomic E-state index is 0.0788. The van der Waals surface area contributed by atoms with Crippen LogP contribution in [0.25, 0.3) is 6.08 Å². The lowest BCUT2D eigenvalue weighted by molar-refractivity contribution is -0.124. The third-order valence-corrected chi connectivity index (χ3v) is 6.67. The fourth-order valence-corrected chi connectivity index (χ4v) is 5.21. The lowest BCUT2D eigenvalue weighted by Crippen LogP contribution is -2.40. The molecule has 0 N–H and O–H groups in total. The topological polar surface area (TPSA) is 50.5 Å². The Kier molecular flexibility index (Phi) is 5.00. The number of aromatic nitrogens is 2. The van der Waals surface area contributed by atoms with Gasteiger partial charge in [0.05, 0.1) is 10.6 Å². The van der Waals surface area contributed by atoms with Crippen molar-refractivity contribution in [1.29, 1.82) is 0 Å². The van der Waals surface area contributed by atoms with Gasteiger partial charge in [0.15, 0.2) is 5.17 Å². The van der Waals surface area contributed by atoms with E-state index in [9.17, 15) is 4.79 Å². The van der Waals surface area contributed by atoms with Crippen molar-refractivity contribution < 1.29 is 4.79 Å². The van der Waals surface area contributed by atoms with Gasteiger partial charge in [-0.1, -0.05) is 19.3 Å². The first-order valence-electron chi connectivity index (χ1n) is 8.97. The number of hydrogen-bond donors (Lipinski definition) is 0. The SMILES string of the molecule is Cc1csc(/N=C2/S/C(=C/c3cccn3C)C(=O)N2C2CCCCC2)n1. The molecule has 1 saturated heterocycles. The molecule has 0 radical (unpaired) electrons. The molecule has 0 unspecified atom stereocenters. The first-order valence-corrected chi connectivity index (χ1v) is 10.7. The van der Waals surface area contributed by atoms with E-state index in [-0.39, 0.29) is 11.9 Å². The molecule has 0 spiro atoms. The molecule has 1 saturated carbocycles. The van der Waals surface area contributed by atoms with Gasteiger partial charge < -0.3 is 4.57 Å². The van der Waals surface area contributed by atoms with E-state index in [1.165, 1.54) is 42.4 Å². The van der Waals surface area contributed by atoms with E-state index in [0.29, 0.717) is 0 Å². The molecule has 1 aliphatic heterocycles. The van der Waals surface area contributed by atoms with E-state index in [2.05, 4.69) is 4.98 Å². The largest absolute Gasteiger partial charge is 0.351 e. The van der Waals surface area contributed by atoms with Crippen molar-refractivity contribution in [2.75, 3.05) is 0 Å². The van der Waals surface area contributed by atoms with E-state index in [0.717, 1.165) is 39.4 Å². The minimum absolute atomic E-state index is 0.0788. The number of amides is 1. The second-order valence-electron chi connectivity index (χ2n) is 6.79. The summed E-state index contributed by atoms with van der Waals surface area (Å²) in [5.41, 5.74) is 1.99. The van der Waals surface area contributed by atoms with Crippen molar-refractivity contribution in [1.82, 2.24) is 14.5 Å². The van der Waals surface area contributed by atoms with E-state index in [4.69, 9.17) is 4.99 Å². The highest BCUT2D eigenvalue weighted by Crippen LogP contribution is 2.38. The number of aliphatic imine (C=N–C) groups is 1. The second kappa shape index (κ2) is 7.40. The fourth-order valence-electron chi connectivity index (χ4n) is 3.46. The lowest BCUT2D eigenvalue weighted by Gasteiger charge is -2.30. The number of aryl methyl sites for hydroxylation is 2. The van der Waals surface area contributed by atoms with Crippen LogP contribution in [0.4, 0.5) is 5.13 Å². The van der Waals surface area contributed by atoms with Crippen LogP contribution in [0.2, 0.25) is 0 Å². The minimum Gasteiger partial charge on any atom is -0.351 e. The van der Waals surface area contributed by atoms with Crippen molar-refractivity contribution in [3.8, 4) is 0 Å². The number of carbonyl (C=O) groups is 1. The summed E-state index contributed by atoms with van der Waals surface area (Å²) in [4.78, 5) is 25.0. The van der Waals surface area contributed by atoms with Crippen LogP contribution < -0.4 is 0 Å². The highest BCUT2D eigenvalue weighted by atomic mass is 32.2. The third kappa shape index (κ3) is 3.50. The third-order valence-electron chi connectivity index (χ3n) is 4.84. The van der Waals surface area contributed by atoms with Crippen molar-refractivity contribution in [3.63, 3.8) is 0 Å². The lowest BCUT2D eigenvalue weighted by atomic mass is 9.94. The maximum Gasteiger partial charge on any atom is 0.267 e. The summed E-state index contributed by atoms with van der Waals surface area (Å²) in [6.07, 6.45) is 9.69. The summed E-state index contributed by atoms with van der Waals surface area (Å²) < 4.78 is 2.02. The number of thiazole rings is 1. The first kappa shape index (κ1) is 17.5. The van der Waals surface area contributed by atoms with Gasteiger partial charge >= 0.3 is 0 Å². The molecule has 136 valence electrons. The highest BCUT2D eigenvalue weighted by Gasteiger charge is 2.38. The molecule has 26 heavy (non-hydrogen) atoms. The standard InChI is InChI=1S/C19H22N4OS2/c1-13-12-25-18(20-13)21-19-23(14-7-4-3-5-8-14)17(24)16(26-19)11-15-9-6-10-22(15)2/h6,9-12,14H,3-5,7-8H2,1-2H3/b16-11+,21-19+. The highest BCUT2D eigenvalue weighted by molar-refractivity contribution is 8.18. The Labute approximate surface area is 161 Å². The number of carbonyl (C=O) groups excluding carboxylic acids is 1. The van der Waals surface area contributed by atoms with Gasteiger partial charge in [0.25, 0.3) is 5.91 Å². The Morgan fingerprint density at radius 2 is 2.12 bits per heavy atom. The summed E-state index contributed by atoms with van der Waals surface area (Å²) in [6, 6.07) is 4.26. The monoisotopic (exact) mass is 386 g/mol. The van der Waals surface area contributed by atoms with Crippen LogP contribution in [-0.4, -0.2) is 31.6 Å². The van der Waals surface area contributed by atoms with Crippen LogP contribution in [0.1, 0.15) is 43.5 Å². The predicted molar refractivity (Wildman–Crippen MR) is 109 cm³/mol. The summed E-state index contributed by atoms with van der Waals surface area (Å²) in [6.45, 7) is 1.97. The number of nitrogens with zero attached hydrogens (tertiary/aromatic N) is 4. The van der Waals surface area contributed by atoms with E-state index < -0.39 is 0 Å². The normalized spacial score (nSPS) is 22.1. The predicted octanol–water partition coefficient (Wildman–Crippen LogP) is 4.73. The molecule has 2 aliphatic rings. The Hall–Kier alpha value is -1.86. The zero-order valence-electron chi connectivity index (χ0n) is 15.0. The molecular formula is C19H22N4OS2. The van der Waals surface area contributed by atoms with Crippen LogP contribution in [0, 0.1) is 6.92 Å². The Morgan fingerprint density at radius 3 is 2.77 bits per heavy atom. The molecular weight excluding hydrogens is 364 g/mol. The Balaban J connectivity index is 1.70. The van der Waals surface area contributed by atoms with Gasteiger partial charge in [0.2, 0.25) is 5.13 Å². The fraction of sp³-hybridized carbons (Fsp3) is 0.421. The zero-order valence-corrected chi connectivity index (χ0v) is 16.6. The summed E-state index contributed by atoms with van der Waals surface area (Å²) in [5, 5.41) is 3.49. The van der Waals surface area contributed by atoms with Gasteiger partial charge in [-0.2, -0.15) is 4.99 Å². The first-order chi connectivity index (χ1) is 12.6. The molecule has 4 rings (SSSR count). The van der Waals surface area contributed by atoms with Crippen LogP contribution in [0.15, 0.2) is 33.6 Å². The van der Waals surface area contributed by atoms with Crippen molar-refractivity contribution >= 4 is 45.4 Å². The maximum absolute atomic E-state index is 13.2. The molecule has 2 fully saturated rings. The van der Waals surface area contributed by atoms with Crippen molar-refractivity contribution in [2.24, 2.45) is 12.0 Å². The molecule has 3 heterocycles. The summed E-state index contributed by atoms with van der Waals surface area (Å²) in [7, 11) is 1.99. The second-order valence-corrected chi connectivity index (χ2v) is 8.63. The van der Waals surface area contributed by atoms with Crippen molar-refractivity contribution in [3.05, 3.63) is 40.0 Å². The zero-order chi connectivity index (χ0) is 18.1. The Morgan fingerprint density at radius 1 is 1.31 bits per heavy atom. The number of rotatable bonds is 3. The van der Waals surface area contributed by atoms with Gasteiger partial charge in [-0.25, -0.2) is 4.98 Å². The quantitative estimate of drug-likeness (QED) is 0.717.